The molecule has 30 heavy (non-hydrogen) atoms. The van der Waals surface area contributed by atoms with Gasteiger partial charge < -0.3 is 28.4 Å². The van der Waals surface area contributed by atoms with E-state index >= 15 is 0 Å². The fraction of sp³-hybridized carbons (Fsp3) is 0.762. The van der Waals surface area contributed by atoms with Crippen molar-refractivity contribution in [1.29, 1.82) is 0 Å². The van der Waals surface area contributed by atoms with Crippen LogP contribution >= 0.6 is 0 Å². The Balaban J connectivity index is 2.13. The van der Waals surface area contributed by atoms with Gasteiger partial charge in [0.15, 0.2) is 18.5 Å². The van der Waals surface area contributed by atoms with Crippen molar-refractivity contribution in [3.63, 3.8) is 0 Å². The average molecular weight is 428 g/mol. The average Bonchev–Trinajstić information content (AvgIpc) is 2.65. The third kappa shape index (κ3) is 6.02. The van der Waals surface area contributed by atoms with Gasteiger partial charge >= 0.3 is 17.9 Å². The van der Waals surface area contributed by atoms with E-state index in [2.05, 4.69) is 6.58 Å². The molecule has 0 bridgehead atoms. The number of ether oxygens (including phenoxy) is 6. The van der Waals surface area contributed by atoms with E-state index < -0.39 is 48.8 Å². The lowest BCUT2D eigenvalue weighted by molar-refractivity contribution is -0.308. The van der Waals surface area contributed by atoms with E-state index in [4.69, 9.17) is 28.4 Å². The van der Waals surface area contributed by atoms with Crippen molar-refractivity contribution < 1.29 is 42.8 Å². The minimum atomic E-state index is -1.08. The van der Waals surface area contributed by atoms with Crippen LogP contribution in [-0.2, 0) is 42.8 Å². The molecule has 2 aliphatic rings. The molecule has 0 radical (unpaired) electrons. The van der Waals surface area contributed by atoms with Gasteiger partial charge in [-0.2, -0.15) is 0 Å². The first kappa shape index (κ1) is 24.3. The van der Waals surface area contributed by atoms with Gasteiger partial charge in [0, 0.05) is 31.3 Å². The molecule has 0 N–H and O–H groups in total. The number of rotatable bonds is 6. The number of hydrogen-bond acceptors (Lipinski definition) is 9. The van der Waals surface area contributed by atoms with Gasteiger partial charge in [0.25, 0.3) is 0 Å². The van der Waals surface area contributed by atoms with Crippen molar-refractivity contribution in [1.82, 2.24) is 0 Å². The summed E-state index contributed by atoms with van der Waals surface area (Å²) in [5.41, 5.74) is 0.203. The first-order chi connectivity index (χ1) is 14.0. The van der Waals surface area contributed by atoms with E-state index in [0.717, 1.165) is 0 Å². The fourth-order valence-electron chi connectivity index (χ4n) is 3.43. The highest BCUT2D eigenvalue weighted by Crippen LogP contribution is 2.33. The highest BCUT2D eigenvalue weighted by molar-refractivity contribution is 5.87. The molecular weight excluding hydrogens is 396 g/mol. The van der Waals surface area contributed by atoms with Gasteiger partial charge in [0.1, 0.15) is 0 Å². The molecule has 170 valence electrons. The predicted molar refractivity (Wildman–Crippen MR) is 104 cm³/mol. The summed E-state index contributed by atoms with van der Waals surface area (Å²) in [6.45, 7) is 14.0. The van der Waals surface area contributed by atoms with E-state index in [1.165, 1.54) is 20.8 Å². The van der Waals surface area contributed by atoms with Crippen LogP contribution < -0.4 is 0 Å². The first-order valence-corrected chi connectivity index (χ1v) is 10.1. The van der Waals surface area contributed by atoms with E-state index in [9.17, 15) is 14.4 Å². The summed E-state index contributed by atoms with van der Waals surface area (Å²) in [5.74, 6) is -1.77. The SMILES string of the molecule is C=C(C)C(=O)OC1OCC(OC2OCC(C)C(C)C2OC(C)=O)C(C)C1OC(C)=O. The zero-order valence-corrected chi connectivity index (χ0v) is 18.4. The zero-order chi connectivity index (χ0) is 22.6. The molecule has 2 saturated heterocycles. The highest BCUT2D eigenvalue weighted by Gasteiger charge is 2.46. The minimum absolute atomic E-state index is 0.0287. The standard InChI is InChI=1S/C21H32O9/c1-10(2)19(24)30-21-18(28-15(7)23)13(5)16(9-26-21)29-20-17(27-14(6)22)12(4)11(3)8-25-20/h11-13,16-18,20-21H,1,8-9H2,2-7H3. The molecule has 0 spiro atoms. The Labute approximate surface area is 177 Å². The van der Waals surface area contributed by atoms with Crippen LogP contribution in [-0.4, -0.2) is 62.0 Å². The van der Waals surface area contributed by atoms with E-state index in [1.54, 1.807) is 6.92 Å². The van der Waals surface area contributed by atoms with Gasteiger partial charge in [-0.05, 0) is 12.8 Å². The van der Waals surface area contributed by atoms with Gasteiger partial charge in [-0.25, -0.2) is 4.79 Å². The van der Waals surface area contributed by atoms with Crippen LogP contribution in [0.15, 0.2) is 12.2 Å². The lowest BCUT2D eigenvalue weighted by Crippen LogP contribution is -2.56. The van der Waals surface area contributed by atoms with Gasteiger partial charge in [0.2, 0.25) is 6.29 Å². The molecule has 0 aromatic carbocycles. The number of esters is 3. The van der Waals surface area contributed by atoms with Gasteiger partial charge in [0.05, 0.1) is 19.3 Å². The van der Waals surface area contributed by atoms with E-state index in [0.29, 0.717) is 6.61 Å². The second-order valence-corrected chi connectivity index (χ2v) is 8.11. The molecule has 9 heteroatoms. The molecule has 0 aromatic rings. The van der Waals surface area contributed by atoms with Crippen molar-refractivity contribution in [3.05, 3.63) is 12.2 Å². The summed E-state index contributed by atoms with van der Waals surface area (Å²) in [6, 6.07) is 0. The summed E-state index contributed by atoms with van der Waals surface area (Å²) in [4.78, 5) is 35.1. The third-order valence-corrected chi connectivity index (χ3v) is 5.49. The monoisotopic (exact) mass is 428 g/mol. The van der Waals surface area contributed by atoms with Gasteiger partial charge in [-0.15, -0.1) is 0 Å². The number of carbonyl (C=O) groups is 3. The van der Waals surface area contributed by atoms with Crippen LogP contribution in [0, 0.1) is 17.8 Å². The summed E-state index contributed by atoms with van der Waals surface area (Å²) in [6.07, 6.45) is -3.87. The number of hydrogen-bond donors (Lipinski definition) is 0. The minimum Gasteiger partial charge on any atom is -0.457 e. The maximum absolute atomic E-state index is 11.9. The second kappa shape index (κ2) is 10.4. The molecule has 9 nitrogen and oxygen atoms in total. The first-order valence-electron chi connectivity index (χ1n) is 10.1. The molecule has 0 aliphatic carbocycles. The fourth-order valence-corrected chi connectivity index (χ4v) is 3.43. The Kier molecular flexibility index (Phi) is 8.40. The Hall–Kier alpha value is -1.97. The molecule has 0 amide bonds. The largest absolute Gasteiger partial charge is 0.457 e. The lowest BCUT2D eigenvalue weighted by atomic mass is 9.88. The maximum atomic E-state index is 11.9. The molecule has 0 aromatic heterocycles. The summed E-state index contributed by atoms with van der Waals surface area (Å²) in [5, 5.41) is 0. The van der Waals surface area contributed by atoms with Crippen LogP contribution in [0.1, 0.15) is 41.5 Å². The Morgan fingerprint density at radius 3 is 1.87 bits per heavy atom. The maximum Gasteiger partial charge on any atom is 0.335 e. The molecule has 8 atom stereocenters. The van der Waals surface area contributed by atoms with Crippen LogP contribution in [0.5, 0.6) is 0 Å². The van der Waals surface area contributed by atoms with Crippen LogP contribution in [0.3, 0.4) is 0 Å². The summed E-state index contributed by atoms with van der Waals surface area (Å²) >= 11 is 0. The Morgan fingerprint density at radius 1 is 0.800 bits per heavy atom. The van der Waals surface area contributed by atoms with Crippen LogP contribution in [0.25, 0.3) is 0 Å². The van der Waals surface area contributed by atoms with E-state index in [1.807, 2.05) is 13.8 Å². The molecule has 2 heterocycles. The highest BCUT2D eigenvalue weighted by atomic mass is 16.7. The van der Waals surface area contributed by atoms with Crippen LogP contribution in [0.2, 0.25) is 0 Å². The molecule has 2 aliphatic heterocycles. The molecule has 2 fully saturated rings. The summed E-state index contributed by atoms with van der Waals surface area (Å²) in [7, 11) is 0. The Morgan fingerprint density at radius 2 is 1.33 bits per heavy atom. The van der Waals surface area contributed by atoms with Gasteiger partial charge in [-0.3, -0.25) is 9.59 Å². The smallest absolute Gasteiger partial charge is 0.335 e. The molecule has 2 rings (SSSR count). The number of carbonyl (C=O) groups excluding carboxylic acids is 3. The van der Waals surface area contributed by atoms with E-state index in [-0.39, 0.29) is 29.9 Å². The Bertz CT molecular complexity index is 661. The normalized spacial score (nSPS) is 36.5. The molecule has 8 unspecified atom stereocenters. The van der Waals surface area contributed by atoms with Crippen molar-refractivity contribution in [3.8, 4) is 0 Å². The van der Waals surface area contributed by atoms with Crippen molar-refractivity contribution in [2.45, 2.75) is 72.4 Å². The predicted octanol–water partition coefficient (Wildman–Crippen LogP) is 1.98. The molecular formula is C21H32O9. The van der Waals surface area contributed by atoms with Gasteiger partial charge in [-0.1, -0.05) is 27.4 Å². The van der Waals surface area contributed by atoms with Crippen LogP contribution in [0.4, 0.5) is 0 Å². The molecule has 0 saturated carbocycles. The summed E-state index contributed by atoms with van der Waals surface area (Å²) < 4.78 is 33.7. The second-order valence-electron chi connectivity index (χ2n) is 8.11. The van der Waals surface area contributed by atoms with Crippen molar-refractivity contribution >= 4 is 17.9 Å². The topological polar surface area (TPSA) is 107 Å². The third-order valence-electron chi connectivity index (χ3n) is 5.49. The van der Waals surface area contributed by atoms with Crippen molar-refractivity contribution in [2.24, 2.45) is 17.8 Å². The lowest BCUT2D eigenvalue weighted by Gasteiger charge is -2.44. The van der Waals surface area contributed by atoms with Crippen molar-refractivity contribution in [2.75, 3.05) is 13.2 Å². The quantitative estimate of drug-likeness (QED) is 0.356. The zero-order valence-electron chi connectivity index (χ0n) is 18.4.